The van der Waals surface area contributed by atoms with Gasteiger partial charge in [0, 0.05) is 22.7 Å². The van der Waals surface area contributed by atoms with E-state index in [1.807, 2.05) is 24.3 Å². The Hall–Kier alpha value is -2.64. The first-order chi connectivity index (χ1) is 11.0. The van der Waals surface area contributed by atoms with E-state index in [1.165, 1.54) is 12.1 Å². The van der Waals surface area contributed by atoms with Crippen LogP contribution in [0.15, 0.2) is 59.6 Å². The summed E-state index contributed by atoms with van der Waals surface area (Å²) in [5, 5.41) is 10.1. The largest absolute Gasteiger partial charge is 0.496 e. The molecule has 0 saturated carbocycles. The van der Waals surface area contributed by atoms with Crippen molar-refractivity contribution in [3.8, 4) is 5.75 Å². The first kappa shape index (κ1) is 15.3. The lowest BCUT2D eigenvalue weighted by atomic mass is 10.1. The number of rotatable bonds is 4. The van der Waals surface area contributed by atoms with E-state index in [0.717, 1.165) is 16.5 Å². The Morgan fingerprint density at radius 3 is 2.43 bits per heavy atom. The van der Waals surface area contributed by atoms with Crippen molar-refractivity contribution in [2.75, 3.05) is 12.4 Å². The molecular weight excluding hydrogens is 314 g/mol. The van der Waals surface area contributed by atoms with Gasteiger partial charge in [-0.05, 0) is 36.4 Å². The smallest absolute Gasteiger partial charge is 0.238 e. The minimum atomic E-state index is -3.70. The molecule has 3 rings (SSSR count). The molecule has 0 atom stereocenters. The second-order valence-corrected chi connectivity index (χ2v) is 6.47. The number of fused-ring (bicyclic) bond motifs is 1. The highest BCUT2D eigenvalue weighted by Gasteiger charge is 2.09. The number of ether oxygens (including phenoxy) is 1. The van der Waals surface area contributed by atoms with Gasteiger partial charge in [-0.2, -0.15) is 0 Å². The number of nitrogens with one attached hydrogen (secondary N) is 1. The van der Waals surface area contributed by atoms with Gasteiger partial charge < -0.3 is 10.1 Å². The van der Waals surface area contributed by atoms with Gasteiger partial charge in [0.2, 0.25) is 10.0 Å². The van der Waals surface area contributed by atoms with Crippen LogP contribution in [0.5, 0.6) is 5.75 Å². The van der Waals surface area contributed by atoms with Crippen LogP contribution in [-0.4, -0.2) is 20.5 Å². The fourth-order valence-corrected chi connectivity index (χ4v) is 2.84. The van der Waals surface area contributed by atoms with Crippen molar-refractivity contribution >= 4 is 32.3 Å². The predicted molar refractivity (Wildman–Crippen MR) is 89.4 cm³/mol. The molecule has 6 nitrogen and oxygen atoms in total. The van der Waals surface area contributed by atoms with Crippen LogP contribution in [0.1, 0.15) is 0 Å². The van der Waals surface area contributed by atoms with E-state index in [-0.39, 0.29) is 4.90 Å². The van der Waals surface area contributed by atoms with Crippen LogP contribution in [0, 0.1) is 0 Å². The second kappa shape index (κ2) is 5.86. The van der Waals surface area contributed by atoms with Gasteiger partial charge in [-0.15, -0.1) is 0 Å². The zero-order valence-corrected chi connectivity index (χ0v) is 13.2. The second-order valence-electron chi connectivity index (χ2n) is 4.91. The fraction of sp³-hybridized carbons (Fsp3) is 0.0625. The van der Waals surface area contributed by atoms with E-state index in [9.17, 15) is 8.42 Å². The molecule has 0 bridgehead atoms. The number of methoxy groups -OCH3 is 1. The van der Waals surface area contributed by atoms with Gasteiger partial charge >= 0.3 is 0 Å². The van der Waals surface area contributed by atoms with Gasteiger partial charge in [0.1, 0.15) is 11.6 Å². The maximum absolute atomic E-state index is 11.3. The summed E-state index contributed by atoms with van der Waals surface area (Å²) in [7, 11) is -2.08. The van der Waals surface area contributed by atoms with E-state index in [2.05, 4.69) is 10.3 Å². The number of nitrogens with zero attached hydrogens (tertiary/aromatic N) is 1. The lowest BCUT2D eigenvalue weighted by molar-refractivity contribution is 0.420. The molecule has 0 amide bonds. The summed E-state index contributed by atoms with van der Waals surface area (Å²) in [6, 6.07) is 13.8. The van der Waals surface area contributed by atoms with Crippen molar-refractivity contribution in [1.29, 1.82) is 0 Å². The SMILES string of the molecule is COc1cccc2c(Nc3ccc(S(N)(=O)=O)cc3)nccc12. The van der Waals surface area contributed by atoms with Gasteiger partial charge in [0.25, 0.3) is 0 Å². The highest BCUT2D eigenvalue weighted by atomic mass is 32.2. The van der Waals surface area contributed by atoms with Crippen molar-refractivity contribution in [1.82, 2.24) is 4.98 Å². The maximum Gasteiger partial charge on any atom is 0.238 e. The standard InChI is InChI=1S/C16H15N3O3S/c1-22-15-4-2-3-14-13(15)9-10-18-16(14)19-11-5-7-12(8-6-11)23(17,20)21/h2-10H,1H3,(H,18,19)(H2,17,20,21). The molecule has 23 heavy (non-hydrogen) atoms. The minimum absolute atomic E-state index is 0.0654. The van der Waals surface area contributed by atoms with Crippen molar-refractivity contribution in [2.45, 2.75) is 4.90 Å². The quantitative estimate of drug-likeness (QED) is 0.767. The number of aromatic nitrogens is 1. The number of hydrogen-bond donors (Lipinski definition) is 2. The Labute approximate surface area is 134 Å². The maximum atomic E-state index is 11.3. The molecule has 1 heterocycles. The van der Waals surface area contributed by atoms with Crippen molar-refractivity contribution in [3.05, 3.63) is 54.7 Å². The molecule has 0 aliphatic rings. The molecule has 0 unspecified atom stereocenters. The summed E-state index contributed by atoms with van der Waals surface area (Å²) in [4.78, 5) is 4.40. The zero-order chi connectivity index (χ0) is 16.4. The molecule has 0 aliphatic heterocycles. The number of pyridine rings is 1. The lowest BCUT2D eigenvalue weighted by Crippen LogP contribution is -2.11. The fourth-order valence-electron chi connectivity index (χ4n) is 2.32. The van der Waals surface area contributed by atoms with Crippen molar-refractivity contribution in [3.63, 3.8) is 0 Å². The number of sulfonamides is 1. The van der Waals surface area contributed by atoms with Crippen LogP contribution in [-0.2, 0) is 10.0 Å². The van der Waals surface area contributed by atoms with Crippen molar-refractivity contribution in [2.24, 2.45) is 5.14 Å². The summed E-state index contributed by atoms with van der Waals surface area (Å²) >= 11 is 0. The molecule has 0 saturated heterocycles. The number of primary sulfonamides is 1. The zero-order valence-electron chi connectivity index (χ0n) is 12.4. The van der Waals surface area contributed by atoms with Gasteiger partial charge in [-0.3, -0.25) is 0 Å². The third-order valence-electron chi connectivity index (χ3n) is 3.43. The van der Waals surface area contributed by atoms with Crippen LogP contribution < -0.4 is 15.2 Å². The molecule has 1 aromatic heterocycles. The first-order valence-corrected chi connectivity index (χ1v) is 8.35. The summed E-state index contributed by atoms with van der Waals surface area (Å²) in [6.45, 7) is 0. The minimum Gasteiger partial charge on any atom is -0.496 e. The van der Waals surface area contributed by atoms with Gasteiger partial charge in [0.15, 0.2) is 0 Å². The van der Waals surface area contributed by atoms with Gasteiger partial charge in [0.05, 0.1) is 12.0 Å². The van der Waals surface area contributed by atoms with E-state index in [4.69, 9.17) is 9.88 Å². The molecular formula is C16H15N3O3S. The summed E-state index contributed by atoms with van der Waals surface area (Å²) in [5.74, 6) is 1.42. The Kier molecular flexibility index (Phi) is 3.89. The van der Waals surface area contributed by atoms with Crippen molar-refractivity contribution < 1.29 is 13.2 Å². The summed E-state index contributed by atoms with van der Waals surface area (Å²) < 4.78 is 27.9. The number of anilines is 2. The summed E-state index contributed by atoms with van der Waals surface area (Å²) in [5.41, 5.74) is 0.709. The monoisotopic (exact) mass is 329 g/mol. The number of hydrogen-bond acceptors (Lipinski definition) is 5. The van der Waals surface area contributed by atoms with E-state index in [1.54, 1.807) is 25.4 Å². The molecule has 7 heteroatoms. The van der Waals surface area contributed by atoms with Gasteiger partial charge in [-0.1, -0.05) is 12.1 Å². The Bertz CT molecular complexity index is 954. The van der Waals surface area contributed by atoms with Crippen LogP contribution in [0.3, 0.4) is 0 Å². The average molecular weight is 329 g/mol. The van der Waals surface area contributed by atoms with E-state index in [0.29, 0.717) is 11.5 Å². The molecule has 0 fully saturated rings. The Morgan fingerprint density at radius 2 is 1.78 bits per heavy atom. The van der Waals surface area contributed by atoms with Gasteiger partial charge in [-0.25, -0.2) is 18.5 Å². The molecule has 0 spiro atoms. The molecule has 3 N–H and O–H groups in total. The van der Waals surface area contributed by atoms with Crippen LogP contribution in [0.25, 0.3) is 10.8 Å². The highest BCUT2D eigenvalue weighted by molar-refractivity contribution is 7.89. The Morgan fingerprint density at radius 1 is 1.04 bits per heavy atom. The number of benzene rings is 2. The lowest BCUT2D eigenvalue weighted by Gasteiger charge is -2.11. The molecule has 0 aliphatic carbocycles. The highest BCUT2D eigenvalue weighted by Crippen LogP contribution is 2.30. The van der Waals surface area contributed by atoms with Crippen LogP contribution in [0.4, 0.5) is 11.5 Å². The normalized spacial score (nSPS) is 11.4. The predicted octanol–water partition coefficient (Wildman–Crippen LogP) is 2.63. The summed E-state index contributed by atoms with van der Waals surface area (Å²) in [6.07, 6.45) is 1.69. The van der Waals surface area contributed by atoms with Crippen LogP contribution >= 0.6 is 0 Å². The van der Waals surface area contributed by atoms with Crippen LogP contribution in [0.2, 0.25) is 0 Å². The number of nitrogens with two attached hydrogens (primary N) is 1. The molecule has 0 radical (unpaired) electrons. The average Bonchev–Trinajstić information content (AvgIpc) is 2.54. The molecule has 118 valence electrons. The third-order valence-corrected chi connectivity index (χ3v) is 4.36. The molecule has 3 aromatic rings. The third kappa shape index (κ3) is 3.10. The Balaban J connectivity index is 1.99. The van der Waals surface area contributed by atoms with E-state index < -0.39 is 10.0 Å². The first-order valence-electron chi connectivity index (χ1n) is 6.80. The van der Waals surface area contributed by atoms with E-state index >= 15 is 0 Å². The molecule has 2 aromatic carbocycles. The topological polar surface area (TPSA) is 94.3 Å².